The average Bonchev–Trinajstić information content (AvgIpc) is 3.02. The SMILES string of the molecule is O=C([C@@H]1CCC(=O)N1Cc1cccs1)N1CCCCCC1. The van der Waals surface area contributed by atoms with Gasteiger partial charge >= 0.3 is 0 Å². The van der Waals surface area contributed by atoms with E-state index in [1.54, 1.807) is 16.2 Å². The molecule has 0 spiro atoms. The summed E-state index contributed by atoms with van der Waals surface area (Å²) in [6.45, 7) is 2.30. The summed E-state index contributed by atoms with van der Waals surface area (Å²) >= 11 is 1.65. The summed E-state index contributed by atoms with van der Waals surface area (Å²) in [4.78, 5) is 29.8. The van der Waals surface area contributed by atoms with Gasteiger partial charge in [0.2, 0.25) is 11.8 Å². The summed E-state index contributed by atoms with van der Waals surface area (Å²) in [6.07, 6.45) is 5.81. The fraction of sp³-hybridized carbons (Fsp3) is 0.625. The lowest BCUT2D eigenvalue weighted by Crippen LogP contribution is -2.46. The van der Waals surface area contributed by atoms with Gasteiger partial charge in [0.25, 0.3) is 0 Å². The molecule has 0 radical (unpaired) electrons. The van der Waals surface area contributed by atoms with Crippen LogP contribution in [0.15, 0.2) is 17.5 Å². The number of amides is 2. The minimum absolute atomic E-state index is 0.122. The van der Waals surface area contributed by atoms with Crippen molar-refractivity contribution in [2.24, 2.45) is 0 Å². The van der Waals surface area contributed by atoms with Crippen molar-refractivity contribution < 1.29 is 9.59 Å². The molecule has 0 bridgehead atoms. The quantitative estimate of drug-likeness (QED) is 0.861. The first-order valence-corrected chi connectivity index (χ1v) is 8.74. The summed E-state index contributed by atoms with van der Waals surface area (Å²) in [5, 5.41) is 2.02. The lowest BCUT2D eigenvalue weighted by Gasteiger charge is -2.29. The predicted octanol–water partition coefficient (Wildman–Crippen LogP) is 2.64. The maximum Gasteiger partial charge on any atom is 0.245 e. The van der Waals surface area contributed by atoms with Gasteiger partial charge in [-0.05, 0) is 30.7 Å². The Morgan fingerprint density at radius 1 is 1.24 bits per heavy atom. The van der Waals surface area contributed by atoms with Gasteiger partial charge in [-0.25, -0.2) is 0 Å². The Kier molecular flexibility index (Phi) is 4.58. The highest BCUT2D eigenvalue weighted by molar-refractivity contribution is 7.09. The summed E-state index contributed by atoms with van der Waals surface area (Å²) in [7, 11) is 0. The number of thiophene rings is 1. The summed E-state index contributed by atoms with van der Waals surface area (Å²) in [5.41, 5.74) is 0. The van der Waals surface area contributed by atoms with Gasteiger partial charge in [-0.15, -0.1) is 11.3 Å². The third-order valence-electron chi connectivity index (χ3n) is 4.44. The highest BCUT2D eigenvalue weighted by Crippen LogP contribution is 2.25. The minimum Gasteiger partial charge on any atom is -0.341 e. The second-order valence-electron chi connectivity index (χ2n) is 5.89. The van der Waals surface area contributed by atoms with Gasteiger partial charge in [0.1, 0.15) is 6.04 Å². The molecule has 2 saturated heterocycles. The standard InChI is InChI=1S/C16H22N2O2S/c19-15-8-7-14(18(15)12-13-6-5-11-21-13)16(20)17-9-3-1-2-4-10-17/h5-6,11,14H,1-4,7-10,12H2/t14-/m0/s1. The first-order valence-electron chi connectivity index (χ1n) is 7.86. The Balaban J connectivity index is 1.69. The van der Waals surface area contributed by atoms with Crippen molar-refractivity contribution in [1.82, 2.24) is 9.80 Å². The van der Waals surface area contributed by atoms with E-state index < -0.39 is 0 Å². The van der Waals surface area contributed by atoms with Gasteiger partial charge in [-0.3, -0.25) is 9.59 Å². The molecule has 0 saturated carbocycles. The molecule has 1 aromatic heterocycles. The van der Waals surface area contributed by atoms with Crippen LogP contribution in [0.5, 0.6) is 0 Å². The molecule has 3 rings (SSSR count). The van der Waals surface area contributed by atoms with E-state index in [1.807, 2.05) is 22.4 Å². The number of hydrogen-bond donors (Lipinski definition) is 0. The number of nitrogens with zero attached hydrogens (tertiary/aromatic N) is 2. The van der Waals surface area contributed by atoms with E-state index in [0.717, 1.165) is 30.8 Å². The van der Waals surface area contributed by atoms with E-state index in [9.17, 15) is 9.59 Å². The topological polar surface area (TPSA) is 40.6 Å². The van der Waals surface area contributed by atoms with Gasteiger partial charge in [-0.2, -0.15) is 0 Å². The fourth-order valence-electron chi connectivity index (χ4n) is 3.26. The largest absolute Gasteiger partial charge is 0.341 e. The van der Waals surface area contributed by atoms with Crippen molar-refractivity contribution in [2.45, 2.75) is 51.1 Å². The Hall–Kier alpha value is -1.36. The normalized spacial score (nSPS) is 23.4. The molecule has 5 heteroatoms. The molecule has 2 fully saturated rings. The minimum atomic E-state index is -0.238. The van der Waals surface area contributed by atoms with E-state index in [1.165, 1.54) is 12.8 Å². The molecule has 1 aromatic rings. The van der Waals surface area contributed by atoms with Gasteiger partial charge in [0.15, 0.2) is 0 Å². The van der Waals surface area contributed by atoms with Crippen LogP contribution >= 0.6 is 11.3 Å². The zero-order valence-corrected chi connectivity index (χ0v) is 13.1. The van der Waals surface area contributed by atoms with Crippen LogP contribution in [0.25, 0.3) is 0 Å². The summed E-state index contributed by atoms with van der Waals surface area (Å²) < 4.78 is 0. The summed E-state index contributed by atoms with van der Waals surface area (Å²) in [6, 6.07) is 3.79. The Morgan fingerprint density at radius 2 is 2.00 bits per heavy atom. The van der Waals surface area contributed by atoms with E-state index in [4.69, 9.17) is 0 Å². The van der Waals surface area contributed by atoms with Gasteiger partial charge < -0.3 is 9.80 Å². The predicted molar refractivity (Wildman–Crippen MR) is 82.9 cm³/mol. The van der Waals surface area contributed by atoms with Crippen LogP contribution in [0.4, 0.5) is 0 Å². The molecule has 2 amide bonds. The molecule has 0 N–H and O–H groups in total. The van der Waals surface area contributed by atoms with Crippen LogP contribution in [0.2, 0.25) is 0 Å². The zero-order valence-electron chi connectivity index (χ0n) is 12.3. The molecular weight excluding hydrogens is 284 g/mol. The van der Waals surface area contributed by atoms with Crippen LogP contribution in [0.3, 0.4) is 0 Å². The van der Waals surface area contributed by atoms with Crippen LogP contribution in [-0.2, 0) is 16.1 Å². The second kappa shape index (κ2) is 6.60. The molecular formula is C16H22N2O2S. The molecule has 4 nitrogen and oxygen atoms in total. The third kappa shape index (κ3) is 3.28. The maximum absolute atomic E-state index is 12.8. The highest BCUT2D eigenvalue weighted by atomic mass is 32.1. The molecule has 3 heterocycles. The number of likely N-dealkylation sites (tertiary alicyclic amines) is 2. The molecule has 0 unspecified atom stereocenters. The number of hydrogen-bond acceptors (Lipinski definition) is 3. The van der Waals surface area contributed by atoms with Crippen molar-refractivity contribution in [2.75, 3.05) is 13.1 Å². The van der Waals surface area contributed by atoms with Gasteiger partial charge in [-0.1, -0.05) is 18.9 Å². The van der Waals surface area contributed by atoms with E-state index in [2.05, 4.69) is 0 Å². The van der Waals surface area contributed by atoms with Crippen molar-refractivity contribution in [1.29, 1.82) is 0 Å². The molecule has 0 aliphatic carbocycles. The lowest BCUT2D eigenvalue weighted by molar-refractivity contribution is -0.141. The lowest BCUT2D eigenvalue weighted by atomic mass is 10.2. The van der Waals surface area contributed by atoms with Crippen molar-refractivity contribution in [3.63, 3.8) is 0 Å². The number of carbonyl (C=O) groups excluding carboxylic acids is 2. The van der Waals surface area contributed by atoms with Crippen molar-refractivity contribution >= 4 is 23.2 Å². The van der Waals surface area contributed by atoms with Crippen LogP contribution in [0.1, 0.15) is 43.4 Å². The third-order valence-corrected chi connectivity index (χ3v) is 5.30. The first kappa shape index (κ1) is 14.6. The van der Waals surface area contributed by atoms with E-state index in [-0.39, 0.29) is 17.9 Å². The van der Waals surface area contributed by atoms with Gasteiger partial charge in [0.05, 0.1) is 6.54 Å². The maximum atomic E-state index is 12.8. The molecule has 2 aliphatic heterocycles. The second-order valence-corrected chi connectivity index (χ2v) is 6.93. The monoisotopic (exact) mass is 306 g/mol. The first-order chi connectivity index (χ1) is 10.3. The van der Waals surface area contributed by atoms with Gasteiger partial charge in [0, 0.05) is 24.4 Å². The molecule has 21 heavy (non-hydrogen) atoms. The fourth-order valence-corrected chi connectivity index (χ4v) is 3.96. The van der Waals surface area contributed by atoms with Crippen LogP contribution in [-0.4, -0.2) is 40.7 Å². The molecule has 0 aromatic carbocycles. The van der Waals surface area contributed by atoms with Crippen LogP contribution in [0, 0.1) is 0 Å². The molecule has 2 aliphatic rings. The number of carbonyl (C=O) groups is 2. The van der Waals surface area contributed by atoms with Crippen molar-refractivity contribution in [3.8, 4) is 0 Å². The Morgan fingerprint density at radius 3 is 2.67 bits per heavy atom. The molecule has 1 atom stereocenters. The summed E-state index contributed by atoms with van der Waals surface area (Å²) in [5.74, 6) is 0.288. The highest BCUT2D eigenvalue weighted by Gasteiger charge is 2.38. The molecule has 114 valence electrons. The zero-order chi connectivity index (χ0) is 14.7. The Bertz CT molecular complexity index is 492. The van der Waals surface area contributed by atoms with E-state index in [0.29, 0.717) is 19.4 Å². The smallest absolute Gasteiger partial charge is 0.245 e. The van der Waals surface area contributed by atoms with Crippen molar-refractivity contribution in [3.05, 3.63) is 22.4 Å². The average molecular weight is 306 g/mol. The number of rotatable bonds is 3. The van der Waals surface area contributed by atoms with E-state index >= 15 is 0 Å². The van der Waals surface area contributed by atoms with Crippen LogP contribution < -0.4 is 0 Å². The Labute approximate surface area is 129 Å².